The molecule has 0 spiro atoms. The minimum atomic E-state index is -0.467. The first-order chi connectivity index (χ1) is 14.8. The number of nitrogens with one attached hydrogen (secondary N) is 1. The van der Waals surface area contributed by atoms with Gasteiger partial charge in [-0.3, -0.25) is 9.59 Å². The largest absolute Gasteiger partial charge is 0.301 e. The fraction of sp³-hybridized carbons (Fsp3) is 0.261. The van der Waals surface area contributed by atoms with Crippen LogP contribution in [0.1, 0.15) is 53.4 Å². The molecule has 4 nitrogen and oxygen atoms in total. The van der Waals surface area contributed by atoms with Crippen LogP contribution < -0.4 is 5.56 Å². The van der Waals surface area contributed by atoms with Gasteiger partial charge in [-0.2, -0.15) is 0 Å². The van der Waals surface area contributed by atoms with Gasteiger partial charge < -0.3 is 4.98 Å². The van der Waals surface area contributed by atoms with Crippen molar-refractivity contribution in [2.45, 2.75) is 37.8 Å². The number of thioether (sulfide) groups is 1. The summed E-state index contributed by atoms with van der Waals surface area (Å²) in [5.74, 6) is -1.19. The Labute approximate surface area is 188 Å². The van der Waals surface area contributed by atoms with Gasteiger partial charge in [0.2, 0.25) is 0 Å². The summed E-state index contributed by atoms with van der Waals surface area (Å²) < 4.78 is 27.4. The van der Waals surface area contributed by atoms with E-state index in [-0.39, 0.29) is 45.2 Å². The van der Waals surface area contributed by atoms with Crippen LogP contribution in [-0.2, 0) is 6.42 Å². The van der Waals surface area contributed by atoms with Gasteiger partial charge in [0.1, 0.15) is 11.6 Å². The molecule has 2 aromatic carbocycles. The van der Waals surface area contributed by atoms with Gasteiger partial charge in [-0.05, 0) is 48.7 Å². The predicted molar refractivity (Wildman–Crippen MR) is 119 cm³/mol. The monoisotopic (exact) mass is 462 g/mol. The van der Waals surface area contributed by atoms with Crippen molar-refractivity contribution in [3.63, 3.8) is 0 Å². The maximum Gasteiger partial charge on any atom is 0.255 e. The van der Waals surface area contributed by atoms with E-state index in [2.05, 4.69) is 9.97 Å². The lowest BCUT2D eigenvalue weighted by Crippen LogP contribution is -2.21. The number of hydrogen-bond donors (Lipinski definition) is 1. The van der Waals surface area contributed by atoms with E-state index >= 15 is 0 Å². The molecule has 0 bridgehead atoms. The topological polar surface area (TPSA) is 62.8 Å². The Morgan fingerprint density at radius 2 is 1.90 bits per heavy atom. The Morgan fingerprint density at radius 1 is 1.19 bits per heavy atom. The van der Waals surface area contributed by atoms with Crippen LogP contribution in [0.25, 0.3) is 0 Å². The predicted octanol–water partition coefficient (Wildman–Crippen LogP) is 5.78. The molecule has 0 saturated carbocycles. The molecular formula is C23H21ClF2N2O2S. The van der Waals surface area contributed by atoms with Gasteiger partial charge in [0.05, 0.1) is 11.4 Å². The third-order valence-corrected chi connectivity index (χ3v) is 6.26. The number of halogens is 3. The highest BCUT2D eigenvalue weighted by Gasteiger charge is 2.20. The molecule has 31 heavy (non-hydrogen) atoms. The molecule has 0 amide bonds. The average molecular weight is 463 g/mol. The van der Waals surface area contributed by atoms with Gasteiger partial charge in [-0.15, -0.1) is 0 Å². The molecule has 0 radical (unpaired) electrons. The van der Waals surface area contributed by atoms with Gasteiger partial charge >= 0.3 is 0 Å². The smallest absolute Gasteiger partial charge is 0.255 e. The summed E-state index contributed by atoms with van der Waals surface area (Å²) in [5.41, 5.74) is 1.23. The summed E-state index contributed by atoms with van der Waals surface area (Å²) in [5, 5.41) is 0.521. The zero-order valence-corrected chi connectivity index (χ0v) is 18.6. The Balaban J connectivity index is 1.91. The Bertz CT molecular complexity index is 1130. The van der Waals surface area contributed by atoms with E-state index in [1.54, 1.807) is 6.07 Å². The van der Waals surface area contributed by atoms with Crippen molar-refractivity contribution in [2.75, 3.05) is 5.75 Å². The normalized spacial score (nSPS) is 12.0. The Kier molecular flexibility index (Phi) is 7.62. The van der Waals surface area contributed by atoms with Crippen LogP contribution in [0, 0.1) is 11.6 Å². The number of hydrogen-bond acceptors (Lipinski definition) is 4. The first-order valence-electron chi connectivity index (χ1n) is 9.77. The van der Waals surface area contributed by atoms with Crippen molar-refractivity contribution in [3.8, 4) is 0 Å². The minimum absolute atomic E-state index is 0.0111. The van der Waals surface area contributed by atoms with Gasteiger partial charge in [-0.25, -0.2) is 13.8 Å². The zero-order chi connectivity index (χ0) is 22.5. The summed E-state index contributed by atoms with van der Waals surface area (Å²) in [6.45, 7) is 3.86. The first kappa shape index (κ1) is 23.2. The van der Waals surface area contributed by atoms with E-state index < -0.39 is 11.6 Å². The number of H-pyrrole nitrogens is 1. The average Bonchev–Trinajstić information content (AvgIpc) is 2.74. The Morgan fingerprint density at radius 3 is 2.55 bits per heavy atom. The van der Waals surface area contributed by atoms with Crippen molar-refractivity contribution in [1.82, 2.24) is 9.97 Å². The number of nitrogens with zero attached hydrogens (tertiary/aromatic N) is 1. The zero-order valence-electron chi connectivity index (χ0n) is 17.0. The maximum absolute atomic E-state index is 14.3. The lowest BCUT2D eigenvalue weighted by Gasteiger charge is -2.15. The highest BCUT2D eigenvalue weighted by Crippen LogP contribution is 2.27. The number of ketones is 1. The van der Waals surface area contributed by atoms with E-state index in [1.165, 1.54) is 36.4 Å². The lowest BCUT2D eigenvalue weighted by atomic mass is 9.95. The highest BCUT2D eigenvalue weighted by atomic mass is 35.5. The van der Waals surface area contributed by atoms with Crippen molar-refractivity contribution in [1.29, 1.82) is 0 Å². The second-order valence-corrected chi connectivity index (χ2v) is 8.51. The van der Waals surface area contributed by atoms with Crippen molar-refractivity contribution < 1.29 is 13.6 Å². The quantitative estimate of drug-likeness (QED) is 0.262. The molecule has 162 valence electrons. The second kappa shape index (κ2) is 10.2. The number of carbonyl (C=O) groups excluding carboxylic acids is 1. The molecule has 1 N–H and O–H groups in total. The van der Waals surface area contributed by atoms with Gasteiger partial charge in [0, 0.05) is 28.1 Å². The fourth-order valence-corrected chi connectivity index (χ4v) is 4.15. The number of Topliss-reactive ketones (excluding diaryl/α,β-unsaturated/α-hetero) is 1. The van der Waals surface area contributed by atoms with Crippen LogP contribution in [-0.4, -0.2) is 21.5 Å². The SMILES string of the molecule is CCC(C)c1c(Cc2c(F)cccc2Cl)nc(SCC(=O)c2ccc(F)cc2)[nH]c1=O. The molecule has 0 aliphatic rings. The van der Waals surface area contributed by atoms with E-state index in [0.29, 0.717) is 23.2 Å². The molecule has 0 fully saturated rings. The first-order valence-corrected chi connectivity index (χ1v) is 11.1. The summed E-state index contributed by atoms with van der Waals surface area (Å²) in [7, 11) is 0. The van der Waals surface area contributed by atoms with Crippen molar-refractivity contribution >= 4 is 29.1 Å². The van der Waals surface area contributed by atoms with Crippen molar-refractivity contribution in [3.05, 3.63) is 91.9 Å². The van der Waals surface area contributed by atoms with E-state index in [0.717, 1.165) is 11.8 Å². The van der Waals surface area contributed by atoms with Crippen LogP contribution in [0.4, 0.5) is 8.78 Å². The number of aromatic amines is 1. The van der Waals surface area contributed by atoms with E-state index in [1.807, 2.05) is 13.8 Å². The number of rotatable bonds is 8. The molecule has 1 atom stereocenters. The van der Waals surface area contributed by atoms with Crippen LogP contribution >= 0.6 is 23.4 Å². The molecule has 3 aromatic rings. The van der Waals surface area contributed by atoms with Crippen molar-refractivity contribution in [2.24, 2.45) is 0 Å². The van der Waals surface area contributed by atoms with Crippen LogP contribution in [0.5, 0.6) is 0 Å². The van der Waals surface area contributed by atoms with Crippen LogP contribution in [0.15, 0.2) is 52.4 Å². The minimum Gasteiger partial charge on any atom is -0.301 e. The maximum atomic E-state index is 14.3. The molecular weight excluding hydrogens is 442 g/mol. The fourth-order valence-electron chi connectivity index (χ4n) is 3.14. The van der Waals surface area contributed by atoms with Gasteiger partial charge in [0.25, 0.3) is 5.56 Å². The second-order valence-electron chi connectivity index (χ2n) is 7.14. The molecule has 3 rings (SSSR count). The summed E-state index contributed by atoms with van der Waals surface area (Å²) in [6, 6.07) is 9.67. The van der Waals surface area contributed by atoms with E-state index in [4.69, 9.17) is 11.6 Å². The molecule has 0 aliphatic heterocycles. The molecule has 1 unspecified atom stereocenters. The molecule has 0 saturated heterocycles. The summed E-state index contributed by atoms with van der Waals surface area (Å²) in [6.07, 6.45) is 0.771. The third kappa shape index (κ3) is 5.60. The molecule has 0 aliphatic carbocycles. The molecule has 1 heterocycles. The number of benzene rings is 2. The third-order valence-electron chi connectivity index (χ3n) is 5.03. The molecule has 1 aromatic heterocycles. The Hall–Kier alpha value is -2.51. The number of carbonyl (C=O) groups is 1. The number of aromatic nitrogens is 2. The van der Waals surface area contributed by atoms with E-state index in [9.17, 15) is 18.4 Å². The van der Waals surface area contributed by atoms with Crippen LogP contribution in [0.3, 0.4) is 0 Å². The van der Waals surface area contributed by atoms with Gasteiger partial charge in [-0.1, -0.05) is 43.3 Å². The van der Waals surface area contributed by atoms with Crippen LogP contribution in [0.2, 0.25) is 5.02 Å². The van der Waals surface area contributed by atoms with Gasteiger partial charge in [0.15, 0.2) is 10.9 Å². The summed E-state index contributed by atoms with van der Waals surface area (Å²) >= 11 is 7.24. The standard InChI is InChI=1S/C23H21ClF2N2O2S/c1-3-13(2)21-19(11-16-17(24)5-4-6-18(16)26)27-23(28-22(21)30)31-12-20(29)14-7-9-15(25)10-8-14/h4-10,13H,3,11-12H2,1-2H3,(H,27,28,30). The summed E-state index contributed by atoms with van der Waals surface area (Å²) in [4.78, 5) is 32.4. The molecule has 8 heteroatoms. The lowest BCUT2D eigenvalue weighted by molar-refractivity contribution is 0.102. The highest BCUT2D eigenvalue weighted by molar-refractivity contribution is 7.99.